The first-order valence-corrected chi connectivity index (χ1v) is 8.16. The molecule has 1 aromatic rings. The van der Waals surface area contributed by atoms with Crippen molar-refractivity contribution in [1.82, 2.24) is 15.1 Å². The molecule has 1 amide bonds. The maximum absolute atomic E-state index is 12.0. The molecule has 1 fully saturated rings. The summed E-state index contributed by atoms with van der Waals surface area (Å²) in [6.45, 7) is 2.25. The lowest BCUT2D eigenvalue weighted by atomic mass is 10.1. The second-order valence-corrected chi connectivity index (χ2v) is 6.18. The Kier molecular flexibility index (Phi) is 5.46. The maximum Gasteiger partial charge on any atom is 0.238 e. The third-order valence-electron chi connectivity index (χ3n) is 3.51. The minimum absolute atomic E-state index is 0.0283. The summed E-state index contributed by atoms with van der Waals surface area (Å²) in [6, 6.07) is 8.45. The van der Waals surface area contributed by atoms with E-state index in [0.717, 1.165) is 19.5 Å². The Bertz CT molecular complexity index is 447. The van der Waals surface area contributed by atoms with E-state index in [4.69, 9.17) is 0 Å². The molecule has 1 saturated heterocycles. The number of hydrogen-bond donors (Lipinski definition) is 1. The van der Waals surface area contributed by atoms with Crippen molar-refractivity contribution in [1.29, 1.82) is 0 Å². The molecule has 0 radical (unpaired) electrons. The molecular formula is C15H23N3OS. The number of thioether (sulfide) groups is 1. The number of nitrogens with zero attached hydrogens (tertiary/aromatic N) is 2. The van der Waals surface area contributed by atoms with Gasteiger partial charge in [-0.1, -0.05) is 12.1 Å². The molecule has 5 heteroatoms. The van der Waals surface area contributed by atoms with E-state index in [-0.39, 0.29) is 12.1 Å². The van der Waals surface area contributed by atoms with Gasteiger partial charge in [0.1, 0.15) is 6.17 Å². The van der Waals surface area contributed by atoms with Crippen LogP contribution in [0.4, 0.5) is 0 Å². The largest absolute Gasteiger partial charge is 0.322 e. The fourth-order valence-corrected chi connectivity index (χ4v) is 2.84. The Morgan fingerprint density at radius 3 is 2.65 bits per heavy atom. The number of hydrogen-bond acceptors (Lipinski definition) is 4. The zero-order valence-electron chi connectivity index (χ0n) is 12.4. The minimum Gasteiger partial charge on any atom is -0.322 e. The Morgan fingerprint density at radius 1 is 1.35 bits per heavy atom. The lowest BCUT2D eigenvalue weighted by Crippen LogP contribution is -2.32. The van der Waals surface area contributed by atoms with Gasteiger partial charge in [-0.25, -0.2) is 0 Å². The van der Waals surface area contributed by atoms with E-state index < -0.39 is 0 Å². The molecule has 0 saturated carbocycles. The molecule has 2 rings (SSSR count). The van der Waals surface area contributed by atoms with Crippen molar-refractivity contribution in [2.24, 2.45) is 0 Å². The van der Waals surface area contributed by atoms with Gasteiger partial charge in [-0.05, 0) is 51.0 Å². The zero-order valence-corrected chi connectivity index (χ0v) is 13.2. The van der Waals surface area contributed by atoms with Gasteiger partial charge in [0.25, 0.3) is 0 Å². The first-order valence-electron chi connectivity index (χ1n) is 6.93. The molecule has 1 aliphatic heterocycles. The zero-order chi connectivity index (χ0) is 14.5. The number of rotatable bonds is 6. The lowest BCUT2D eigenvalue weighted by molar-refractivity contribution is -0.128. The van der Waals surface area contributed by atoms with Gasteiger partial charge in [0.2, 0.25) is 5.91 Å². The van der Waals surface area contributed by atoms with Crippen LogP contribution >= 0.6 is 11.8 Å². The summed E-state index contributed by atoms with van der Waals surface area (Å²) >= 11 is 1.73. The number of carbonyl (C=O) groups is 1. The molecule has 20 heavy (non-hydrogen) atoms. The molecule has 0 bridgehead atoms. The van der Waals surface area contributed by atoms with Gasteiger partial charge in [0.15, 0.2) is 0 Å². The number of amides is 1. The molecule has 0 aromatic heterocycles. The van der Waals surface area contributed by atoms with Gasteiger partial charge in [0, 0.05) is 11.4 Å². The predicted octanol–water partition coefficient (Wildman–Crippen LogP) is 1.79. The molecule has 0 spiro atoms. The van der Waals surface area contributed by atoms with Crippen LogP contribution in [-0.4, -0.2) is 55.7 Å². The summed E-state index contributed by atoms with van der Waals surface area (Å²) in [5, 5.41) is 3.30. The third kappa shape index (κ3) is 3.75. The Labute approximate surface area is 125 Å². The van der Waals surface area contributed by atoms with Crippen LogP contribution in [0.25, 0.3) is 0 Å². The summed E-state index contributed by atoms with van der Waals surface area (Å²) in [7, 11) is 4.12. The van der Waals surface area contributed by atoms with Crippen LogP contribution in [0.15, 0.2) is 29.2 Å². The molecule has 1 N–H and O–H groups in total. The molecule has 1 heterocycles. The van der Waals surface area contributed by atoms with Crippen molar-refractivity contribution in [2.75, 3.05) is 40.0 Å². The monoisotopic (exact) mass is 293 g/mol. The highest BCUT2D eigenvalue weighted by Gasteiger charge is 2.30. The Balaban J connectivity index is 2.02. The van der Waals surface area contributed by atoms with E-state index in [0.29, 0.717) is 6.54 Å². The normalized spacial score (nSPS) is 19.1. The van der Waals surface area contributed by atoms with Gasteiger partial charge < -0.3 is 9.80 Å². The van der Waals surface area contributed by atoms with Crippen LogP contribution in [0, 0.1) is 0 Å². The second-order valence-electron chi connectivity index (χ2n) is 5.30. The molecule has 110 valence electrons. The van der Waals surface area contributed by atoms with Crippen molar-refractivity contribution in [3.05, 3.63) is 29.8 Å². The van der Waals surface area contributed by atoms with Crippen molar-refractivity contribution in [3.8, 4) is 0 Å². The summed E-state index contributed by atoms with van der Waals surface area (Å²) in [5.74, 6) is 0.197. The SMILES string of the molecule is CSc1ccc(C2NCC(=O)N2CCCN(C)C)cc1. The van der Waals surface area contributed by atoms with Crippen LogP contribution < -0.4 is 5.32 Å². The number of nitrogens with one attached hydrogen (secondary N) is 1. The van der Waals surface area contributed by atoms with E-state index in [1.165, 1.54) is 10.5 Å². The van der Waals surface area contributed by atoms with Gasteiger partial charge >= 0.3 is 0 Å². The number of carbonyl (C=O) groups excluding carboxylic acids is 1. The Morgan fingerprint density at radius 2 is 2.05 bits per heavy atom. The lowest BCUT2D eigenvalue weighted by Gasteiger charge is -2.25. The average molecular weight is 293 g/mol. The quantitative estimate of drug-likeness (QED) is 0.811. The predicted molar refractivity (Wildman–Crippen MR) is 83.9 cm³/mol. The van der Waals surface area contributed by atoms with Crippen LogP contribution in [0.5, 0.6) is 0 Å². The fourth-order valence-electron chi connectivity index (χ4n) is 2.43. The van der Waals surface area contributed by atoms with Crippen molar-refractivity contribution < 1.29 is 4.79 Å². The van der Waals surface area contributed by atoms with Gasteiger partial charge in [-0.15, -0.1) is 11.8 Å². The van der Waals surface area contributed by atoms with E-state index in [1.54, 1.807) is 11.8 Å². The highest BCUT2D eigenvalue weighted by molar-refractivity contribution is 7.98. The average Bonchev–Trinajstić information content (AvgIpc) is 2.80. The minimum atomic E-state index is 0.0283. The van der Waals surface area contributed by atoms with Crippen LogP contribution in [-0.2, 0) is 4.79 Å². The molecule has 1 unspecified atom stereocenters. The van der Waals surface area contributed by atoms with Crippen LogP contribution in [0.1, 0.15) is 18.2 Å². The third-order valence-corrected chi connectivity index (χ3v) is 4.26. The highest BCUT2D eigenvalue weighted by Crippen LogP contribution is 2.24. The van der Waals surface area contributed by atoms with Crippen molar-refractivity contribution >= 4 is 17.7 Å². The Hall–Kier alpha value is -1.04. The molecule has 1 atom stereocenters. The van der Waals surface area contributed by atoms with Gasteiger partial charge in [-0.2, -0.15) is 0 Å². The van der Waals surface area contributed by atoms with Crippen molar-refractivity contribution in [3.63, 3.8) is 0 Å². The molecular weight excluding hydrogens is 270 g/mol. The second kappa shape index (κ2) is 7.11. The standard InChI is InChI=1S/C15H23N3OS/c1-17(2)9-4-10-18-14(19)11-16-15(18)12-5-7-13(20-3)8-6-12/h5-8,15-16H,4,9-11H2,1-3H3. The molecule has 0 aliphatic carbocycles. The highest BCUT2D eigenvalue weighted by atomic mass is 32.2. The van der Waals surface area contributed by atoms with E-state index in [1.807, 2.05) is 4.90 Å². The smallest absolute Gasteiger partial charge is 0.238 e. The van der Waals surface area contributed by atoms with Crippen LogP contribution in [0.3, 0.4) is 0 Å². The molecule has 4 nitrogen and oxygen atoms in total. The van der Waals surface area contributed by atoms with E-state index >= 15 is 0 Å². The van der Waals surface area contributed by atoms with Crippen molar-refractivity contribution in [2.45, 2.75) is 17.5 Å². The fraction of sp³-hybridized carbons (Fsp3) is 0.533. The summed E-state index contributed by atoms with van der Waals surface area (Å²) in [6.07, 6.45) is 3.10. The first-order chi connectivity index (χ1) is 9.61. The topological polar surface area (TPSA) is 35.6 Å². The number of benzene rings is 1. The van der Waals surface area contributed by atoms with E-state index in [2.05, 4.69) is 54.8 Å². The van der Waals surface area contributed by atoms with E-state index in [9.17, 15) is 4.79 Å². The van der Waals surface area contributed by atoms with Crippen LogP contribution in [0.2, 0.25) is 0 Å². The summed E-state index contributed by atoms with van der Waals surface area (Å²) in [4.78, 5) is 17.4. The van der Waals surface area contributed by atoms with Gasteiger partial charge in [0.05, 0.1) is 6.54 Å². The molecule has 1 aromatic carbocycles. The summed E-state index contributed by atoms with van der Waals surface area (Å²) in [5.41, 5.74) is 1.17. The molecule has 1 aliphatic rings. The van der Waals surface area contributed by atoms with Gasteiger partial charge in [-0.3, -0.25) is 10.1 Å². The maximum atomic E-state index is 12.0. The summed E-state index contributed by atoms with van der Waals surface area (Å²) < 4.78 is 0. The first kappa shape index (κ1) is 15.4.